The van der Waals surface area contributed by atoms with Crippen LogP contribution >= 0.6 is 22.7 Å². The van der Waals surface area contributed by atoms with Crippen molar-refractivity contribution in [3.8, 4) is 0 Å². The van der Waals surface area contributed by atoms with E-state index in [1.54, 1.807) is 0 Å². The van der Waals surface area contributed by atoms with Crippen molar-refractivity contribution in [1.29, 1.82) is 0 Å². The molecule has 0 amide bonds. The van der Waals surface area contributed by atoms with Crippen LogP contribution in [0.4, 0.5) is 0 Å². The quantitative estimate of drug-likeness (QED) is 0.347. The third kappa shape index (κ3) is 1.58. The van der Waals surface area contributed by atoms with Gasteiger partial charge < -0.3 is 0 Å². The van der Waals surface area contributed by atoms with Crippen LogP contribution < -0.4 is 0 Å². The number of hydrogen-bond donors (Lipinski definition) is 0. The lowest BCUT2D eigenvalue weighted by Gasteiger charge is -2.00. The van der Waals surface area contributed by atoms with Crippen LogP contribution in [0.25, 0.3) is 29.6 Å². The van der Waals surface area contributed by atoms with Gasteiger partial charge in [0.15, 0.2) is 0 Å². The van der Waals surface area contributed by atoms with Crippen molar-refractivity contribution in [2.45, 2.75) is 27.7 Å². The Morgan fingerprint density at radius 1 is 0.550 bits per heavy atom. The van der Waals surface area contributed by atoms with Gasteiger partial charge in [0.2, 0.25) is 0 Å². The first-order valence-electron chi connectivity index (χ1n) is 6.88. The van der Waals surface area contributed by atoms with Crippen LogP contribution in [0, 0.1) is 27.7 Å². The maximum Gasteiger partial charge on any atom is 0.0542 e. The minimum absolute atomic E-state index is 1.39. The van der Waals surface area contributed by atoms with Gasteiger partial charge in [-0.05, 0) is 74.2 Å². The largest absolute Gasteiger partial charge is 0.134 e. The second-order valence-corrected chi connectivity index (χ2v) is 7.83. The van der Waals surface area contributed by atoms with E-state index in [4.69, 9.17) is 0 Å². The summed E-state index contributed by atoms with van der Waals surface area (Å²) in [6.07, 6.45) is 0. The second-order valence-electron chi connectivity index (χ2n) is 5.73. The van der Waals surface area contributed by atoms with Gasteiger partial charge in [0, 0.05) is 20.2 Å². The van der Waals surface area contributed by atoms with E-state index in [2.05, 4.69) is 52.0 Å². The van der Waals surface area contributed by atoms with Gasteiger partial charge in [-0.25, -0.2) is 0 Å². The van der Waals surface area contributed by atoms with E-state index in [0.29, 0.717) is 0 Å². The zero-order valence-electron chi connectivity index (χ0n) is 12.1. The summed E-state index contributed by atoms with van der Waals surface area (Å²) in [4.78, 5) is 0. The lowest BCUT2D eigenvalue weighted by Crippen LogP contribution is -1.78. The molecule has 0 aliphatic carbocycles. The van der Waals surface area contributed by atoms with E-state index in [-0.39, 0.29) is 0 Å². The minimum atomic E-state index is 1.39. The van der Waals surface area contributed by atoms with Crippen molar-refractivity contribution >= 4 is 52.2 Å². The van der Waals surface area contributed by atoms with Crippen molar-refractivity contribution in [2.75, 3.05) is 0 Å². The summed E-state index contributed by atoms with van der Waals surface area (Å²) >= 11 is 3.89. The van der Waals surface area contributed by atoms with Crippen LogP contribution in [0.1, 0.15) is 22.3 Å². The van der Waals surface area contributed by atoms with E-state index in [9.17, 15) is 0 Å². The van der Waals surface area contributed by atoms with Crippen LogP contribution in [-0.4, -0.2) is 0 Å². The van der Waals surface area contributed by atoms with Gasteiger partial charge in [0.1, 0.15) is 0 Å². The summed E-state index contributed by atoms with van der Waals surface area (Å²) in [5.74, 6) is 0. The molecule has 2 heteroatoms. The topological polar surface area (TPSA) is 0 Å². The minimum Gasteiger partial charge on any atom is -0.134 e. The van der Waals surface area contributed by atoms with E-state index < -0.39 is 0 Å². The summed E-state index contributed by atoms with van der Waals surface area (Å²) in [5.41, 5.74) is 5.56. The van der Waals surface area contributed by atoms with E-state index in [0.717, 1.165) is 0 Å². The molecule has 0 atom stereocenters. The molecule has 0 saturated heterocycles. The van der Waals surface area contributed by atoms with Gasteiger partial charge in [-0.1, -0.05) is 0 Å². The molecular formula is C18H16S2. The van der Waals surface area contributed by atoms with Gasteiger partial charge in [0.25, 0.3) is 0 Å². The fourth-order valence-electron chi connectivity index (χ4n) is 2.77. The second kappa shape index (κ2) is 4.06. The fourth-order valence-corrected chi connectivity index (χ4v) is 5.57. The van der Waals surface area contributed by atoms with Crippen molar-refractivity contribution in [2.24, 2.45) is 0 Å². The molecule has 2 aromatic heterocycles. The molecule has 20 heavy (non-hydrogen) atoms. The molecule has 0 radical (unpaired) electrons. The highest BCUT2D eigenvalue weighted by Crippen LogP contribution is 2.45. The maximum absolute atomic E-state index is 2.36. The summed E-state index contributed by atoms with van der Waals surface area (Å²) < 4.78 is 5.78. The van der Waals surface area contributed by atoms with Crippen LogP contribution in [0.3, 0.4) is 0 Å². The van der Waals surface area contributed by atoms with E-state index in [1.807, 2.05) is 22.7 Å². The molecule has 2 heterocycles. The van der Waals surface area contributed by atoms with Gasteiger partial charge in [0.05, 0.1) is 9.40 Å². The number of fused-ring (bicyclic) bond motifs is 5. The average Bonchev–Trinajstić information content (AvgIpc) is 2.88. The molecule has 0 fully saturated rings. The highest BCUT2D eigenvalue weighted by atomic mass is 32.1. The molecule has 2 aromatic carbocycles. The van der Waals surface area contributed by atoms with Gasteiger partial charge >= 0.3 is 0 Å². The molecule has 4 rings (SSSR count). The first-order valence-corrected chi connectivity index (χ1v) is 8.51. The maximum atomic E-state index is 2.36. The molecule has 0 unspecified atom stereocenters. The van der Waals surface area contributed by atoms with Crippen molar-refractivity contribution in [3.63, 3.8) is 0 Å². The van der Waals surface area contributed by atoms with E-state index >= 15 is 0 Å². The molecule has 0 aliphatic heterocycles. The Kier molecular flexibility index (Phi) is 2.51. The molecule has 0 saturated carbocycles. The first kappa shape index (κ1) is 12.4. The first-order chi connectivity index (χ1) is 9.54. The summed E-state index contributed by atoms with van der Waals surface area (Å²) in [6.45, 7) is 8.82. The Morgan fingerprint density at radius 2 is 0.900 bits per heavy atom. The molecule has 4 aromatic rings. The predicted molar refractivity (Wildman–Crippen MR) is 93.7 cm³/mol. The van der Waals surface area contributed by atoms with Gasteiger partial charge in [-0.15, -0.1) is 22.7 Å². The van der Waals surface area contributed by atoms with E-state index in [1.165, 1.54) is 51.8 Å². The number of hydrogen-bond acceptors (Lipinski definition) is 2. The number of rotatable bonds is 0. The Bertz CT molecular complexity index is 902. The zero-order valence-corrected chi connectivity index (χ0v) is 13.8. The normalized spacial score (nSPS) is 12.0. The van der Waals surface area contributed by atoms with Crippen LogP contribution in [-0.2, 0) is 0 Å². The lowest BCUT2D eigenvalue weighted by atomic mass is 10.1. The molecule has 0 spiro atoms. The van der Waals surface area contributed by atoms with Gasteiger partial charge in [-0.2, -0.15) is 0 Å². The standard InChI is InChI=1S/C18H16S2/c1-9-5-13-15(7-11(9)3)19-18-14-6-10(2)12(4)8-16(14)20-17(13)18/h5-8H,1-4H3. The van der Waals surface area contributed by atoms with Crippen molar-refractivity contribution in [3.05, 3.63) is 46.5 Å². The molecule has 0 bridgehead atoms. The highest BCUT2D eigenvalue weighted by molar-refractivity contribution is 7.36. The lowest BCUT2D eigenvalue weighted by molar-refractivity contribution is 1.37. The third-order valence-electron chi connectivity index (χ3n) is 4.31. The Balaban J connectivity index is 2.22. The Hall–Kier alpha value is -1.38. The highest BCUT2D eigenvalue weighted by Gasteiger charge is 2.13. The van der Waals surface area contributed by atoms with Crippen LogP contribution in [0.5, 0.6) is 0 Å². The Labute approximate surface area is 126 Å². The van der Waals surface area contributed by atoms with Gasteiger partial charge in [-0.3, -0.25) is 0 Å². The predicted octanol–water partition coefficient (Wildman–Crippen LogP) is 6.50. The molecule has 0 N–H and O–H groups in total. The zero-order chi connectivity index (χ0) is 14.0. The molecule has 100 valence electrons. The summed E-state index contributed by atoms with van der Waals surface area (Å²) in [6, 6.07) is 9.40. The van der Waals surface area contributed by atoms with Crippen LogP contribution in [0.2, 0.25) is 0 Å². The van der Waals surface area contributed by atoms with Crippen molar-refractivity contribution < 1.29 is 0 Å². The fraction of sp³-hybridized carbons (Fsp3) is 0.222. The number of aryl methyl sites for hydroxylation is 4. The van der Waals surface area contributed by atoms with Crippen molar-refractivity contribution in [1.82, 2.24) is 0 Å². The Morgan fingerprint density at radius 3 is 1.30 bits per heavy atom. The molecular weight excluding hydrogens is 280 g/mol. The number of thiophene rings is 2. The summed E-state index contributed by atoms with van der Waals surface area (Å²) in [5, 5.41) is 2.87. The summed E-state index contributed by atoms with van der Waals surface area (Å²) in [7, 11) is 0. The molecule has 0 aliphatic rings. The monoisotopic (exact) mass is 296 g/mol. The smallest absolute Gasteiger partial charge is 0.0542 e. The molecule has 0 nitrogen and oxygen atoms in total. The van der Waals surface area contributed by atoms with Crippen LogP contribution in [0.15, 0.2) is 24.3 Å². The third-order valence-corrected chi connectivity index (χ3v) is 6.81. The SMILES string of the molecule is Cc1cc2sc3c4cc(C)c(C)cc4sc3c2cc1C. The average molecular weight is 296 g/mol. The number of benzene rings is 2.